The van der Waals surface area contributed by atoms with E-state index in [0.717, 1.165) is 38.4 Å². The molecule has 0 aliphatic carbocycles. The van der Waals surface area contributed by atoms with Gasteiger partial charge in [-0.05, 0) is 40.6 Å². The normalized spacial score (nSPS) is 16.7. The van der Waals surface area contributed by atoms with Gasteiger partial charge in [0.2, 0.25) is 0 Å². The predicted octanol–water partition coefficient (Wildman–Crippen LogP) is 2.65. The second-order valence-electron chi connectivity index (χ2n) is 4.99. The lowest BCUT2D eigenvalue weighted by molar-refractivity contribution is 0.250. The largest absolute Gasteiger partial charge is 0.399 e. The van der Waals surface area contributed by atoms with Crippen molar-refractivity contribution in [3.05, 3.63) is 46.7 Å². The molecule has 0 radical (unpaired) electrons. The third-order valence-electron chi connectivity index (χ3n) is 3.59. The maximum atomic E-state index is 5.85. The maximum absolute atomic E-state index is 5.85. The molecule has 0 spiro atoms. The van der Waals surface area contributed by atoms with Crippen molar-refractivity contribution >= 4 is 22.7 Å². The van der Waals surface area contributed by atoms with E-state index in [9.17, 15) is 0 Å². The van der Waals surface area contributed by atoms with E-state index in [4.69, 9.17) is 5.73 Å². The molecule has 0 amide bonds. The van der Waals surface area contributed by atoms with Crippen LogP contribution in [0.3, 0.4) is 0 Å². The number of piperazine rings is 1. The highest BCUT2D eigenvalue weighted by Crippen LogP contribution is 2.20. The lowest BCUT2D eigenvalue weighted by Gasteiger charge is -2.36. The van der Waals surface area contributed by atoms with E-state index in [-0.39, 0.29) is 0 Å². The van der Waals surface area contributed by atoms with Crippen LogP contribution in [0.1, 0.15) is 5.56 Å². The summed E-state index contributed by atoms with van der Waals surface area (Å²) in [6, 6.07) is 10.4. The first-order valence-electron chi connectivity index (χ1n) is 6.65. The first-order valence-corrected chi connectivity index (χ1v) is 7.59. The molecule has 1 aliphatic rings. The van der Waals surface area contributed by atoms with E-state index in [1.807, 2.05) is 12.1 Å². The molecule has 0 bridgehead atoms. The fourth-order valence-electron chi connectivity index (χ4n) is 2.53. The van der Waals surface area contributed by atoms with E-state index >= 15 is 0 Å². The van der Waals surface area contributed by atoms with E-state index in [2.05, 4.69) is 38.8 Å². The van der Waals surface area contributed by atoms with Gasteiger partial charge < -0.3 is 10.6 Å². The minimum Gasteiger partial charge on any atom is -0.399 e. The molecule has 0 atom stereocenters. The van der Waals surface area contributed by atoms with Gasteiger partial charge >= 0.3 is 0 Å². The summed E-state index contributed by atoms with van der Waals surface area (Å²) in [6.07, 6.45) is 0. The number of anilines is 2. The summed E-state index contributed by atoms with van der Waals surface area (Å²) in [5.41, 5.74) is 9.37. The smallest absolute Gasteiger partial charge is 0.0387 e. The Kier molecular flexibility index (Phi) is 3.71. The van der Waals surface area contributed by atoms with Crippen molar-refractivity contribution < 1.29 is 0 Å². The number of nitrogens with two attached hydrogens (primary N) is 1. The van der Waals surface area contributed by atoms with Crippen LogP contribution in [0.15, 0.2) is 41.1 Å². The maximum Gasteiger partial charge on any atom is 0.0387 e. The average Bonchev–Trinajstić information content (AvgIpc) is 2.92. The van der Waals surface area contributed by atoms with Crippen LogP contribution in [0.25, 0.3) is 0 Å². The zero-order chi connectivity index (χ0) is 13.1. The van der Waals surface area contributed by atoms with Crippen molar-refractivity contribution in [3.63, 3.8) is 0 Å². The predicted molar refractivity (Wildman–Crippen MR) is 82.7 cm³/mol. The molecular formula is C15H19N3S. The van der Waals surface area contributed by atoms with Crippen LogP contribution in [0, 0.1) is 0 Å². The highest BCUT2D eigenvalue weighted by Gasteiger charge is 2.17. The van der Waals surface area contributed by atoms with Gasteiger partial charge in [-0.1, -0.05) is 6.07 Å². The number of hydrogen-bond donors (Lipinski definition) is 1. The molecule has 0 saturated carbocycles. The molecule has 1 saturated heterocycles. The minimum atomic E-state index is 0.846. The molecule has 19 heavy (non-hydrogen) atoms. The number of hydrogen-bond acceptors (Lipinski definition) is 4. The van der Waals surface area contributed by atoms with Crippen LogP contribution in [0.5, 0.6) is 0 Å². The minimum absolute atomic E-state index is 0.846. The Hall–Kier alpha value is -1.52. The molecule has 2 heterocycles. The standard InChI is InChI=1S/C15H19N3S/c16-14-2-1-3-15(10-14)18-7-5-17(6-8-18)11-13-4-9-19-12-13/h1-4,9-10,12H,5-8,11,16H2. The SMILES string of the molecule is Nc1cccc(N2CCN(Cc3ccsc3)CC2)c1. The van der Waals surface area contributed by atoms with E-state index in [1.54, 1.807) is 11.3 Å². The Morgan fingerprint density at radius 1 is 1.11 bits per heavy atom. The number of nitrogens with zero attached hydrogens (tertiary/aromatic N) is 2. The second kappa shape index (κ2) is 5.63. The van der Waals surface area contributed by atoms with E-state index < -0.39 is 0 Å². The van der Waals surface area contributed by atoms with Gasteiger partial charge in [-0.3, -0.25) is 4.90 Å². The van der Waals surface area contributed by atoms with E-state index in [0.29, 0.717) is 0 Å². The van der Waals surface area contributed by atoms with Crippen molar-refractivity contribution in [1.29, 1.82) is 0 Å². The number of rotatable bonds is 3. The fraction of sp³-hybridized carbons (Fsp3) is 0.333. The molecule has 1 fully saturated rings. The number of nitrogen functional groups attached to an aromatic ring is 1. The van der Waals surface area contributed by atoms with Gasteiger partial charge in [-0.25, -0.2) is 0 Å². The van der Waals surface area contributed by atoms with Crippen LogP contribution >= 0.6 is 11.3 Å². The Balaban J connectivity index is 1.57. The Bertz CT molecular complexity index is 516. The molecule has 3 rings (SSSR count). The Labute approximate surface area is 118 Å². The second-order valence-corrected chi connectivity index (χ2v) is 5.77. The zero-order valence-corrected chi connectivity index (χ0v) is 11.8. The van der Waals surface area contributed by atoms with Crippen molar-refractivity contribution in [3.8, 4) is 0 Å². The first-order chi connectivity index (χ1) is 9.31. The third-order valence-corrected chi connectivity index (χ3v) is 4.33. The molecule has 100 valence electrons. The lowest BCUT2D eigenvalue weighted by Crippen LogP contribution is -2.45. The molecule has 2 aromatic rings. The molecule has 1 aromatic carbocycles. The van der Waals surface area contributed by atoms with Crippen molar-refractivity contribution in [2.24, 2.45) is 0 Å². The van der Waals surface area contributed by atoms with Crippen LogP contribution < -0.4 is 10.6 Å². The molecule has 1 aromatic heterocycles. The highest BCUT2D eigenvalue weighted by molar-refractivity contribution is 7.07. The van der Waals surface area contributed by atoms with Crippen molar-refractivity contribution in [1.82, 2.24) is 4.90 Å². The van der Waals surface area contributed by atoms with Crippen LogP contribution in [0.4, 0.5) is 11.4 Å². The Morgan fingerprint density at radius 3 is 2.63 bits per heavy atom. The monoisotopic (exact) mass is 273 g/mol. The molecule has 2 N–H and O–H groups in total. The quantitative estimate of drug-likeness (QED) is 0.873. The molecule has 3 nitrogen and oxygen atoms in total. The third kappa shape index (κ3) is 3.08. The molecule has 1 aliphatic heterocycles. The highest BCUT2D eigenvalue weighted by atomic mass is 32.1. The van der Waals surface area contributed by atoms with Crippen molar-refractivity contribution in [2.45, 2.75) is 6.54 Å². The number of thiophene rings is 1. The van der Waals surface area contributed by atoms with E-state index in [1.165, 1.54) is 11.3 Å². The summed E-state index contributed by atoms with van der Waals surface area (Å²) in [6.45, 7) is 5.46. The van der Waals surface area contributed by atoms with Gasteiger partial charge in [0.1, 0.15) is 0 Å². The fourth-order valence-corrected chi connectivity index (χ4v) is 3.19. The summed E-state index contributed by atoms with van der Waals surface area (Å²) in [7, 11) is 0. The molecule has 0 unspecified atom stereocenters. The van der Waals surface area contributed by atoms with Gasteiger partial charge in [0.15, 0.2) is 0 Å². The summed E-state index contributed by atoms with van der Waals surface area (Å²) < 4.78 is 0. The van der Waals surface area contributed by atoms with Gasteiger partial charge in [0, 0.05) is 44.1 Å². The topological polar surface area (TPSA) is 32.5 Å². The average molecular weight is 273 g/mol. The van der Waals surface area contributed by atoms with Crippen LogP contribution in [-0.4, -0.2) is 31.1 Å². The van der Waals surface area contributed by atoms with Crippen LogP contribution in [-0.2, 0) is 6.54 Å². The van der Waals surface area contributed by atoms with Crippen LogP contribution in [0.2, 0.25) is 0 Å². The summed E-state index contributed by atoms with van der Waals surface area (Å²) >= 11 is 1.78. The van der Waals surface area contributed by atoms with Gasteiger partial charge in [0.05, 0.1) is 0 Å². The summed E-state index contributed by atoms with van der Waals surface area (Å²) in [4.78, 5) is 4.94. The Morgan fingerprint density at radius 2 is 1.95 bits per heavy atom. The first kappa shape index (κ1) is 12.5. The lowest BCUT2D eigenvalue weighted by atomic mass is 10.2. The van der Waals surface area contributed by atoms with Crippen molar-refractivity contribution in [2.75, 3.05) is 36.8 Å². The summed E-state index contributed by atoms with van der Waals surface area (Å²) in [5.74, 6) is 0. The van der Waals surface area contributed by atoms with Gasteiger partial charge in [-0.15, -0.1) is 0 Å². The zero-order valence-electron chi connectivity index (χ0n) is 11.0. The number of benzene rings is 1. The molecular weight excluding hydrogens is 254 g/mol. The summed E-state index contributed by atoms with van der Waals surface area (Å²) in [5, 5.41) is 4.39. The van der Waals surface area contributed by atoms with Gasteiger partial charge in [-0.2, -0.15) is 11.3 Å². The molecule has 4 heteroatoms. The van der Waals surface area contributed by atoms with Gasteiger partial charge in [0.25, 0.3) is 0 Å².